The molecule has 0 spiro atoms. The summed E-state index contributed by atoms with van der Waals surface area (Å²) in [6, 6.07) is 15.1. The number of amides is 1. The lowest BCUT2D eigenvalue weighted by molar-refractivity contribution is 0.0951. The van der Waals surface area contributed by atoms with Crippen LogP contribution in [0.1, 0.15) is 41.3 Å². The van der Waals surface area contributed by atoms with Crippen LogP contribution in [0, 0.1) is 0 Å². The molecule has 0 unspecified atom stereocenters. The van der Waals surface area contributed by atoms with Crippen LogP contribution in [0.25, 0.3) is 0 Å². The molecular weight excluding hydrogens is 300 g/mol. The molecule has 0 bridgehead atoms. The van der Waals surface area contributed by atoms with Crippen molar-refractivity contribution in [3.8, 4) is 5.75 Å². The highest BCUT2D eigenvalue weighted by Gasteiger charge is 2.10. The molecule has 0 saturated heterocycles. The Balaban J connectivity index is 2.01. The highest BCUT2D eigenvalue weighted by atomic mass is 16.5. The fraction of sp³-hybridized carbons (Fsp3) is 0.200. The summed E-state index contributed by atoms with van der Waals surface area (Å²) in [4.78, 5) is 12.2. The number of carbonyl (C=O) groups is 1. The fourth-order valence-corrected chi connectivity index (χ4v) is 2.12. The van der Waals surface area contributed by atoms with E-state index in [-0.39, 0.29) is 5.91 Å². The number of hydrogen-bond donors (Lipinski definition) is 1. The van der Waals surface area contributed by atoms with Gasteiger partial charge in [0.05, 0.1) is 11.8 Å². The number of hydrogen-bond acceptors (Lipinski definition) is 3. The van der Waals surface area contributed by atoms with Gasteiger partial charge in [0.25, 0.3) is 5.91 Å². The number of benzene rings is 2. The van der Waals surface area contributed by atoms with E-state index in [0.717, 1.165) is 5.56 Å². The molecule has 0 atom stereocenters. The number of carbonyl (C=O) groups excluding carboxylic acids is 1. The molecular formula is C20H22N2O2. The molecule has 0 aromatic heterocycles. The van der Waals surface area contributed by atoms with Crippen LogP contribution in [0.4, 0.5) is 0 Å². The Labute approximate surface area is 142 Å². The Morgan fingerprint density at radius 1 is 1.21 bits per heavy atom. The molecule has 0 radical (unpaired) electrons. The molecule has 1 N–H and O–H groups in total. The topological polar surface area (TPSA) is 50.7 Å². The van der Waals surface area contributed by atoms with Crippen LogP contribution in [-0.4, -0.2) is 18.7 Å². The van der Waals surface area contributed by atoms with Gasteiger partial charge in [-0.25, -0.2) is 5.43 Å². The molecule has 0 heterocycles. The van der Waals surface area contributed by atoms with Crippen LogP contribution in [-0.2, 0) is 0 Å². The van der Waals surface area contributed by atoms with Gasteiger partial charge in [0.15, 0.2) is 0 Å². The van der Waals surface area contributed by atoms with Crippen molar-refractivity contribution < 1.29 is 9.53 Å². The first kappa shape index (κ1) is 17.5. The molecule has 0 aliphatic carbocycles. The first-order chi connectivity index (χ1) is 11.6. The summed E-state index contributed by atoms with van der Waals surface area (Å²) in [7, 11) is 0. The molecule has 0 aliphatic rings. The zero-order valence-electron chi connectivity index (χ0n) is 14.0. The van der Waals surface area contributed by atoms with Crippen LogP contribution in [0.5, 0.6) is 5.75 Å². The van der Waals surface area contributed by atoms with Gasteiger partial charge < -0.3 is 4.74 Å². The molecule has 124 valence electrons. The number of hydrazone groups is 1. The summed E-state index contributed by atoms with van der Waals surface area (Å²) in [5, 5.41) is 4.01. The van der Waals surface area contributed by atoms with E-state index < -0.39 is 0 Å². The molecule has 0 saturated carbocycles. The Bertz CT molecular complexity index is 719. The van der Waals surface area contributed by atoms with E-state index in [0.29, 0.717) is 23.8 Å². The number of rotatable bonds is 7. The lowest BCUT2D eigenvalue weighted by Gasteiger charge is -2.08. The van der Waals surface area contributed by atoms with E-state index in [1.807, 2.05) is 18.2 Å². The molecule has 4 nitrogen and oxygen atoms in total. The molecule has 1 amide bonds. The van der Waals surface area contributed by atoms with E-state index in [4.69, 9.17) is 4.74 Å². The van der Waals surface area contributed by atoms with Crippen molar-refractivity contribution >= 4 is 12.1 Å². The van der Waals surface area contributed by atoms with Gasteiger partial charge in [-0.05, 0) is 29.2 Å². The fourth-order valence-electron chi connectivity index (χ4n) is 2.12. The molecule has 0 aliphatic heterocycles. The molecule has 0 fully saturated rings. The van der Waals surface area contributed by atoms with Crippen molar-refractivity contribution in [3.05, 3.63) is 77.9 Å². The van der Waals surface area contributed by atoms with Crippen molar-refractivity contribution in [2.45, 2.75) is 19.8 Å². The molecule has 4 heteroatoms. The average molecular weight is 322 g/mol. The third-order valence-corrected chi connectivity index (χ3v) is 3.47. The minimum atomic E-state index is -0.315. The summed E-state index contributed by atoms with van der Waals surface area (Å²) in [6.45, 7) is 8.24. The number of para-hydroxylation sites is 1. The van der Waals surface area contributed by atoms with Gasteiger partial charge in [0.1, 0.15) is 12.4 Å². The van der Waals surface area contributed by atoms with Crippen LogP contribution in [0.15, 0.2) is 66.3 Å². The van der Waals surface area contributed by atoms with Crippen LogP contribution >= 0.6 is 0 Å². The minimum absolute atomic E-state index is 0.315. The van der Waals surface area contributed by atoms with E-state index >= 15 is 0 Å². The maximum Gasteiger partial charge on any atom is 0.275 e. The van der Waals surface area contributed by atoms with E-state index in [2.05, 4.69) is 43.1 Å². The molecule has 2 aromatic rings. The molecule has 24 heavy (non-hydrogen) atoms. The standard InChI is InChI=1S/C20H22N2O2/c1-4-13-24-19-8-6-5-7-18(19)20(23)22-21-14-16-9-11-17(12-10-16)15(2)3/h4-12,14-15H,1,13H2,2-3H3,(H,22,23). The normalized spacial score (nSPS) is 10.8. The summed E-state index contributed by atoms with van der Waals surface area (Å²) in [5.74, 6) is 0.679. The second-order valence-corrected chi connectivity index (χ2v) is 5.62. The second-order valence-electron chi connectivity index (χ2n) is 5.62. The Hall–Kier alpha value is -2.88. The van der Waals surface area contributed by atoms with Gasteiger partial charge in [-0.2, -0.15) is 5.10 Å². The van der Waals surface area contributed by atoms with Crippen molar-refractivity contribution in [1.82, 2.24) is 5.43 Å². The Morgan fingerprint density at radius 3 is 2.58 bits per heavy atom. The summed E-state index contributed by atoms with van der Waals surface area (Å²) >= 11 is 0. The summed E-state index contributed by atoms with van der Waals surface area (Å²) < 4.78 is 5.48. The number of nitrogens with zero attached hydrogens (tertiary/aromatic N) is 1. The van der Waals surface area contributed by atoms with Crippen molar-refractivity contribution in [2.24, 2.45) is 5.10 Å². The maximum atomic E-state index is 12.2. The first-order valence-electron chi connectivity index (χ1n) is 7.88. The van der Waals surface area contributed by atoms with Gasteiger partial charge >= 0.3 is 0 Å². The lowest BCUT2D eigenvalue weighted by atomic mass is 10.0. The smallest absolute Gasteiger partial charge is 0.275 e. The van der Waals surface area contributed by atoms with Crippen molar-refractivity contribution in [1.29, 1.82) is 0 Å². The maximum absolute atomic E-state index is 12.2. The predicted molar refractivity (Wildman–Crippen MR) is 97.7 cm³/mol. The average Bonchev–Trinajstić information content (AvgIpc) is 2.60. The number of ether oxygens (including phenoxy) is 1. The van der Waals surface area contributed by atoms with Gasteiger partial charge in [-0.1, -0.05) is 62.9 Å². The lowest BCUT2D eigenvalue weighted by Crippen LogP contribution is -2.18. The van der Waals surface area contributed by atoms with Gasteiger partial charge in [0.2, 0.25) is 0 Å². The monoisotopic (exact) mass is 322 g/mol. The highest BCUT2D eigenvalue weighted by Crippen LogP contribution is 2.18. The van der Waals surface area contributed by atoms with Gasteiger partial charge in [-0.15, -0.1) is 0 Å². The number of nitrogens with one attached hydrogen (secondary N) is 1. The molecule has 2 aromatic carbocycles. The SMILES string of the molecule is C=CCOc1ccccc1C(=O)NN=Cc1ccc(C(C)C)cc1. The van der Waals surface area contributed by atoms with Crippen LogP contribution in [0.2, 0.25) is 0 Å². The third kappa shape index (κ3) is 4.81. The Kier molecular flexibility index (Phi) is 6.32. The Morgan fingerprint density at radius 2 is 1.92 bits per heavy atom. The second kappa shape index (κ2) is 8.67. The van der Waals surface area contributed by atoms with E-state index in [1.165, 1.54) is 5.56 Å². The highest BCUT2D eigenvalue weighted by molar-refractivity contribution is 5.97. The van der Waals surface area contributed by atoms with E-state index in [9.17, 15) is 4.79 Å². The quantitative estimate of drug-likeness (QED) is 0.473. The van der Waals surface area contributed by atoms with Gasteiger partial charge in [-0.3, -0.25) is 4.79 Å². The van der Waals surface area contributed by atoms with Crippen LogP contribution in [0.3, 0.4) is 0 Å². The van der Waals surface area contributed by atoms with Gasteiger partial charge in [0, 0.05) is 0 Å². The third-order valence-electron chi connectivity index (χ3n) is 3.47. The summed E-state index contributed by atoms with van der Waals surface area (Å²) in [5.41, 5.74) is 5.16. The summed E-state index contributed by atoms with van der Waals surface area (Å²) in [6.07, 6.45) is 3.25. The molecule has 2 rings (SSSR count). The van der Waals surface area contributed by atoms with Crippen LogP contribution < -0.4 is 10.2 Å². The largest absolute Gasteiger partial charge is 0.489 e. The first-order valence-corrected chi connectivity index (χ1v) is 7.88. The van der Waals surface area contributed by atoms with Crippen molar-refractivity contribution in [2.75, 3.05) is 6.61 Å². The van der Waals surface area contributed by atoms with E-state index in [1.54, 1.807) is 30.5 Å². The zero-order valence-corrected chi connectivity index (χ0v) is 14.0. The minimum Gasteiger partial charge on any atom is -0.489 e. The van der Waals surface area contributed by atoms with Crippen molar-refractivity contribution in [3.63, 3.8) is 0 Å². The predicted octanol–water partition coefficient (Wildman–Crippen LogP) is 4.14. The zero-order chi connectivity index (χ0) is 17.4.